The number of aryl methyl sites for hydroxylation is 4. The van der Waals surface area contributed by atoms with Crippen LogP contribution in [0.5, 0.6) is 5.75 Å². The minimum absolute atomic E-state index is 0.243. The quantitative estimate of drug-likeness (QED) is 0.561. The van der Waals surface area contributed by atoms with Crippen molar-refractivity contribution in [3.8, 4) is 5.75 Å². The Morgan fingerprint density at radius 2 is 1.47 bits per heavy atom. The normalized spacial score (nSPS) is 13.7. The number of para-hydroxylation sites is 2. The summed E-state index contributed by atoms with van der Waals surface area (Å²) in [5.41, 5.74) is 6.42. The number of anilines is 2. The van der Waals surface area contributed by atoms with E-state index in [1.54, 1.807) is 7.11 Å². The van der Waals surface area contributed by atoms with E-state index in [4.69, 9.17) is 4.74 Å². The number of amides is 2. The smallest absolute Gasteiger partial charge is 0.282 e. The molecular weight excluding hydrogens is 400 g/mol. The first-order valence-corrected chi connectivity index (χ1v) is 10.5. The summed E-state index contributed by atoms with van der Waals surface area (Å²) in [6, 6.07) is 19.0. The van der Waals surface area contributed by atoms with Gasteiger partial charge in [0.05, 0.1) is 24.1 Å². The molecule has 0 radical (unpaired) electrons. The number of hydrogen-bond acceptors (Lipinski definition) is 4. The Kier molecular flexibility index (Phi) is 5.57. The summed E-state index contributed by atoms with van der Waals surface area (Å²) >= 11 is 0. The molecule has 1 heterocycles. The van der Waals surface area contributed by atoms with E-state index in [-0.39, 0.29) is 17.5 Å². The molecule has 0 saturated carbocycles. The zero-order valence-electron chi connectivity index (χ0n) is 18.9. The van der Waals surface area contributed by atoms with Crippen molar-refractivity contribution in [1.29, 1.82) is 0 Å². The molecule has 0 fully saturated rings. The lowest BCUT2D eigenvalue weighted by Crippen LogP contribution is -2.33. The SMILES string of the molecule is COc1ccccc1NC1=C(c2ccc(C)cc2C)C(=O)N(c2cc(C)ccc2C)C1=O. The van der Waals surface area contributed by atoms with Gasteiger partial charge in [-0.15, -0.1) is 0 Å². The molecule has 3 aromatic carbocycles. The number of hydrogen-bond donors (Lipinski definition) is 1. The van der Waals surface area contributed by atoms with E-state index in [1.807, 2.05) is 88.4 Å². The molecule has 4 rings (SSSR count). The van der Waals surface area contributed by atoms with E-state index in [1.165, 1.54) is 4.90 Å². The fourth-order valence-corrected chi connectivity index (χ4v) is 4.05. The molecule has 0 aliphatic carbocycles. The molecule has 1 N–H and O–H groups in total. The number of nitrogens with zero attached hydrogens (tertiary/aromatic N) is 1. The maximum atomic E-state index is 13.7. The number of benzene rings is 3. The third-order valence-electron chi connectivity index (χ3n) is 5.71. The van der Waals surface area contributed by atoms with Gasteiger partial charge in [-0.05, 0) is 68.1 Å². The van der Waals surface area contributed by atoms with E-state index in [9.17, 15) is 9.59 Å². The minimum Gasteiger partial charge on any atom is -0.495 e. The fourth-order valence-electron chi connectivity index (χ4n) is 4.05. The summed E-state index contributed by atoms with van der Waals surface area (Å²) in [5, 5.41) is 3.21. The average molecular weight is 427 g/mol. The van der Waals surface area contributed by atoms with Crippen LogP contribution in [0.3, 0.4) is 0 Å². The van der Waals surface area contributed by atoms with Crippen molar-refractivity contribution in [3.63, 3.8) is 0 Å². The van der Waals surface area contributed by atoms with Gasteiger partial charge in [-0.1, -0.05) is 48.0 Å². The number of ether oxygens (including phenoxy) is 1. The van der Waals surface area contributed by atoms with Crippen LogP contribution in [-0.4, -0.2) is 18.9 Å². The van der Waals surface area contributed by atoms with E-state index >= 15 is 0 Å². The van der Waals surface area contributed by atoms with Crippen LogP contribution in [0.15, 0.2) is 66.4 Å². The van der Waals surface area contributed by atoms with Gasteiger partial charge in [0.2, 0.25) is 0 Å². The fraction of sp³-hybridized carbons (Fsp3) is 0.185. The van der Waals surface area contributed by atoms with Crippen molar-refractivity contribution >= 4 is 28.8 Å². The Hall–Kier alpha value is -3.86. The van der Waals surface area contributed by atoms with Crippen molar-refractivity contribution in [2.24, 2.45) is 0 Å². The molecule has 2 amide bonds. The largest absolute Gasteiger partial charge is 0.495 e. The lowest BCUT2D eigenvalue weighted by atomic mass is 9.97. The van der Waals surface area contributed by atoms with Crippen LogP contribution >= 0.6 is 0 Å². The molecule has 1 aliphatic rings. The van der Waals surface area contributed by atoms with E-state index in [2.05, 4.69) is 5.32 Å². The van der Waals surface area contributed by atoms with Gasteiger partial charge in [0.1, 0.15) is 11.4 Å². The predicted molar refractivity (Wildman–Crippen MR) is 128 cm³/mol. The third-order valence-corrected chi connectivity index (χ3v) is 5.71. The summed E-state index contributed by atoms with van der Waals surface area (Å²) in [6.07, 6.45) is 0. The van der Waals surface area contributed by atoms with Gasteiger partial charge in [-0.3, -0.25) is 9.59 Å². The van der Waals surface area contributed by atoms with Crippen LogP contribution in [-0.2, 0) is 9.59 Å². The monoisotopic (exact) mass is 426 g/mol. The lowest BCUT2D eigenvalue weighted by Gasteiger charge is -2.19. The van der Waals surface area contributed by atoms with Crippen LogP contribution in [0, 0.1) is 27.7 Å². The highest BCUT2D eigenvalue weighted by Crippen LogP contribution is 2.37. The molecule has 5 nitrogen and oxygen atoms in total. The Labute approximate surface area is 188 Å². The van der Waals surface area contributed by atoms with E-state index < -0.39 is 0 Å². The second-order valence-corrected chi connectivity index (χ2v) is 8.13. The maximum Gasteiger partial charge on any atom is 0.282 e. The first-order valence-electron chi connectivity index (χ1n) is 10.5. The van der Waals surface area contributed by atoms with Crippen molar-refractivity contribution in [2.75, 3.05) is 17.3 Å². The van der Waals surface area contributed by atoms with Crippen LogP contribution in [0.25, 0.3) is 5.57 Å². The summed E-state index contributed by atoms with van der Waals surface area (Å²) < 4.78 is 5.45. The predicted octanol–water partition coefficient (Wildman–Crippen LogP) is 5.33. The highest BCUT2D eigenvalue weighted by Gasteiger charge is 2.41. The first-order chi connectivity index (χ1) is 15.3. The van der Waals surface area contributed by atoms with Gasteiger partial charge in [-0.25, -0.2) is 4.90 Å². The highest BCUT2D eigenvalue weighted by molar-refractivity contribution is 6.46. The molecule has 162 valence electrons. The Morgan fingerprint density at radius 1 is 0.781 bits per heavy atom. The number of methoxy groups -OCH3 is 1. The zero-order chi connectivity index (χ0) is 23.0. The van der Waals surface area contributed by atoms with Gasteiger partial charge in [0.25, 0.3) is 11.8 Å². The van der Waals surface area contributed by atoms with Crippen molar-refractivity contribution in [2.45, 2.75) is 27.7 Å². The van der Waals surface area contributed by atoms with Gasteiger partial charge < -0.3 is 10.1 Å². The summed E-state index contributed by atoms with van der Waals surface area (Å²) in [7, 11) is 1.57. The lowest BCUT2D eigenvalue weighted by molar-refractivity contribution is -0.120. The molecule has 0 aromatic heterocycles. The highest BCUT2D eigenvalue weighted by atomic mass is 16.5. The molecule has 3 aromatic rings. The minimum atomic E-state index is -0.385. The molecule has 5 heteroatoms. The molecule has 0 bridgehead atoms. The van der Waals surface area contributed by atoms with Crippen LogP contribution in [0.4, 0.5) is 11.4 Å². The summed E-state index contributed by atoms with van der Waals surface area (Å²) in [6.45, 7) is 7.80. The molecule has 0 saturated heterocycles. The second-order valence-electron chi connectivity index (χ2n) is 8.13. The molecule has 0 atom stereocenters. The number of rotatable bonds is 5. The number of imide groups is 1. The molecule has 32 heavy (non-hydrogen) atoms. The zero-order valence-corrected chi connectivity index (χ0v) is 18.9. The molecular formula is C27H26N2O3. The second kappa shape index (κ2) is 8.35. The van der Waals surface area contributed by atoms with Gasteiger partial charge in [-0.2, -0.15) is 0 Å². The van der Waals surface area contributed by atoms with E-state index in [0.717, 1.165) is 27.8 Å². The van der Waals surface area contributed by atoms with Crippen molar-refractivity contribution in [3.05, 3.63) is 94.2 Å². The van der Waals surface area contributed by atoms with Crippen LogP contribution < -0.4 is 15.0 Å². The maximum absolute atomic E-state index is 13.7. The van der Waals surface area contributed by atoms with Gasteiger partial charge in [0, 0.05) is 0 Å². The Morgan fingerprint density at radius 3 is 2.19 bits per heavy atom. The van der Waals surface area contributed by atoms with Crippen molar-refractivity contribution in [1.82, 2.24) is 0 Å². The summed E-state index contributed by atoms with van der Waals surface area (Å²) in [5.74, 6) is -0.136. The number of carbonyl (C=O) groups excluding carboxylic acids is 2. The standard InChI is InChI=1S/C27H26N2O3/c1-16-11-13-20(19(4)14-16)24-25(28-21-8-6-7-9-23(21)32-5)27(31)29(26(24)30)22-15-17(2)10-12-18(22)3/h6-15,28H,1-5H3. The molecule has 0 spiro atoms. The van der Waals surface area contributed by atoms with Crippen molar-refractivity contribution < 1.29 is 14.3 Å². The Balaban J connectivity index is 1.91. The third kappa shape index (κ3) is 3.66. The average Bonchev–Trinajstić information content (AvgIpc) is 3.00. The van der Waals surface area contributed by atoms with Crippen LogP contribution in [0.2, 0.25) is 0 Å². The van der Waals surface area contributed by atoms with Crippen LogP contribution in [0.1, 0.15) is 27.8 Å². The number of carbonyl (C=O) groups is 2. The topological polar surface area (TPSA) is 58.6 Å². The first kappa shape index (κ1) is 21.4. The molecule has 1 aliphatic heterocycles. The number of nitrogens with one attached hydrogen (secondary N) is 1. The molecule has 0 unspecified atom stereocenters. The van der Waals surface area contributed by atoms with Gasteiger partial charge in [0.15, 0.2) is 0 Å². The van der Waals surface area contributed by atoms with Gasteiger partial charge >= 0.3 is 0 Å². The summed E-state index contributed by atoms with van der Waals surface area (Å²) in [4.78, 5) is 28.7. The van der Waals surface area contributed by atoms with E-state index in [0.29, 0.717) is 22.7 Å². The Bertz CT molecular complexity index is 1270.